The van der Waals surface area contributed by atoms with Gasteiger partial charge in [-0.1, -0.05) is 212 Å². The van der Waals surface area contributed by atoms with Crippen molar-refractivity contribution in [3.8, 4) is 55.6 Å². The average molecular weight is 780 g/mol. The number of benzene rings is 11. The van der Waals surface area contributed by atoms with Crippen LogP contribution in [0.5, 0.6) is 0 Å². The highest BCUT2D eigenvalue weighted by atomic mass is 15.1. The van der Waals surface area contributed by atoms with Gasteiger partial charge in [0.15, 0.2) is 0 Å². The van der Waals surface area contributed by atoms with Gasteiger partial charge in [0, 0.05) is 17.1 Å². The molecule has 0 saturated heterocycles. The van der Waals surface area contributed by atoms with Gasteiger partial charge in [-0.25, -0.2) is 0 Å². The van der Waals surface area contributed by atoms with Crippen molar-refractivity contribution in [2.45, 2.75) is 0 Å². The fraction of sp³-hybridized carbons (Fsp3) is 0. The summed E-state index contributed by atoms with van der Waals surface area (Å²) in [4.78, 5) is 1.86. The molecule has 0 aliphatic rings. The van der Waals surface area contributed by atoms with Gasteiger partial charge >= 0.3 is 0 Å². The van der Waals surface area contributed by atoms with Crippen LogP contribution in [0.2, 0.25) is 0 Å². The molecular weight excluding hydrogens is 735 g/mol. The van der Waals surface area contributed by atoms with Gasteiger partial charge in [-0.2, -0.15) is 0 Å². The van der Waals surface area contributed by atoms with Crippen LogP contribution in [0.15, 0.2) is 249 Å². The zero-order valence-electron chi connectivity index (χ0n) is 37.3. The largest absolute Gasteiger partial charge is 0.311 e. The van der Waals surface area contributed by atoms with E-state index < -0.39 is 0 Å². The van der Waals surface area contributed by atoms with E-state index in [1.165, 1.54) is 5.39 Å². The zero-order chi connectivity index (χ0) is 44.0. The molecule has 11 rings (SSSR count). The number of hydrogen-bond acceptors (Lipinski definition) is 1. The molecule has 0 saturated carbocycles. The van der Waals surface area contributed by atoms with E-state index in [2.05, 4.69) is 152 Å². The Bertz CT molecular complexity index is 3530. The van der Waals surface area contributed by atoms with E-state index in [1.54, 1.807) is 0 Å². The van der Waals surface area contributed by atoms with Gasteiger partial charge in [-0.05, 0) is 124 Å². The van der Waals surface area contributed by atoms with Crippen molar-refractivity contribution in [1.82, 2.24) is 0 Å². The third kappa shape index (κ3) is 6.83. The maximum Gasteiger partial charge on any atom is 0.0645 e. The van der Waals surface area contributed by atoms with Crippen LogP contribution in [0.1, 0.15) is 5.48 Å². The van der Waals surface area contributed by atoms with Crippen molar-refractivity contribution >= 4 is 49.4 Å². The third-order valence-corrected chi connectivity index (χ3v) is 11.8. The molecule has 0 atom stereocenters. The predicted molar refractivity (Wildman–Crippen MR) is 261 cm³/mol. The highest BCUT2D eigenvalue weighted by molar-refractivity contribution is 6.04. The smallest absolute Gasteiger partial charge is 0.0645 e. The normalized spacial score (nSPS) is 12.2. The Labute approximate surface area is 362 Å². The first-order chi connectivity index (χ1) is 31.9. The van der Waals surface area contributed by atoms with Crippen molar-refractivity contribution in [3.63, 3.8) is 0 Å². The highest BCUT2D eigenvalue weighted by Gasteiger charge is 2.17. The van der Waals surface area contributed by atoms with Crippen LogP contribution in [0.25, 0.3) is 88.0 Å². The molecule has 0 heterocycles. The molecule has 0 N–H and O–H groups in total. The number of nitrogens with zero attached hydrogens (tertiary/aromatic N) is 1. The summed E-state index contributed by atoms with van der Waals surface area (Å²) < 4.78 is 38.2. The monoisotopic (exact) mass is 779 g/mol. The van der Waals surface area contributed by atoms with Crippen LogP contribution in [-0.2, 0) is 0 Å². The van der Waals surface area contributed by atoms with Crippen molar-refractivity contribution in [2.75, 3.05) is 4.90 Å². The Hall–Kier alpha value is -8.00. The second kappa shape index (κ2) is 15.6. The van der Waals surface area contributed by atoms with Gasteiger partial charge in [-0.3, -0.25) is 0 Å². The highest BCUT2D eigenvalue weighted by Crippen LogP contribution is 2.42. The summed E-state index contributed by atoms with van der Waals surface area (Å²) in [5, 5.41) is 6.93. The summed E-state index contributed by atoms with van der Waals surface area (Å²) >= 11 is 0. The lowest BCUT2D eigenvalue weighted by Crippen LogP contribution is -2.09. The molecule has 0 bridgehead atoms. The number of fused-ring (bicyclic) bond motifs is 3. The predicted octanol–water partition coefficient (Wildman–Crippen LogP) is 17.0. The lowest BCUT2D eigenvalue weighted by molar-refractivity contribution is 1.28. The Morgan fingerprint density at radius 3 is 1.23 bits per heavy atom. The van der Waals surface area contributed by atoms with E-state index in [4.69, 9.17) is 0 Å². The van der Waals surface area contributed by atoms with Gasteiger partial charge in [0.2, 0.25) is 0 Å². The van der Waals surface area contributed by atoms with Gasteiger partial charge in [-0.15, -0.1) is 0 Å². The molecule has 1 nitrogen and oxygen atoms in total. The summed E-state index contributed by atoms with van der Waals surface area (Å²) in [6.45, 7) is 0. The Morgan fingerprint density at radius 2 is 0.672 bits per heavy atom. The number of rotatable bonds is 8. The lowest BCUT2D eigenvalue weighted by atomic mass is 9.90. The number of hydrogen-bond donors (Lipinski definition) is 0. The van der Waals surface area contributed by atoms with Crippen LogP contribution in [0.4, 0.5) is 17.1 Å². The molecule has 0 spiro atoms. The van der Waals surface area contributed by atoms with Gasteiger partial charge in [0.05, 0.1) is 5.48 Å². The maximum atomic E-state index is 9.63. The summed E-state index contributed by atoms with van der Waals surface area (Å²) in [7, 11) is 0. The SMILES string of the molecule is [2H]c1c([2H])c(N(c2ccc(-c3ccc4ccccc4c3-c3ccccc3)cc2)c2ccc(-c3cccc4ccccc34)cc2)c([2H])c([2H])c1-c1ccc(-c2cccc3ccccc23)cc1. The Balaban J connectivity index is 1.04. The Morgan fingerprint density at radius 1 is 0.246 bits per heavy atom. The molecule has 11 aromatic carbocycles. The molecule has 286 valence electrons. The van der Waals surface area contributed by atoms with Crippen molar-refractivity contribution < 1.29 is 5.48 Å². The Kier molecular flexibility index (Phi) is 8.18. The van der Waals surface area contributed by atoms with Crippen LogP contribution in [0.3, 0.4) is 0 Å². The van der Waals surface area contributed by atoms with E-state index in [9.17, 15) is 5.48 Å². The molecule has 0 aromatic heterocycles. The van der Waals surface area contributed by atoms with Gasteiger partial charge in [0.25, 0.3) is 0 Å². The van der Waals surface area contributed by atoms with Gasteiger partial charge < -0.3 is 4.90 Å². The molecule has 1 heteroatoms. The fourth-order valence-electron chi connectivity index (χ4n) is 8.75. The summed E-state index contributed by atoms with van der Waals surface area (Å²) in [6.07, 6.45) is 0. The first kappa shape index (κ1) is 31.9. The minimum atomic E-state index is -0.123. The molecule has 0 aliphatic carbocycles. The number of anilines is 3. The second-order valence-electron chi connectivity index (χ2n) is 15.4. The molecule has 11 aromatic rings. The topological polar surface area (TPSA) is 3.24 Å². The third-order valence-electron chi connectivity index (χ3n) is 11.8. The van der Waals surface area contributed by atoms with Crippen LogP contribution >= 0.6 is 0 Å². The zero-order valence-corrected chi connectivity index (χ0v) is 33.3. The van der Waals surface area contributed by atoms with E-state index >= 15 is 0 Å². The van der Waals surface area contributed by atoms with Crippen LogP contribution in [0, 0.1) is 0 Å². The first-order valence-corrected chi connectivity index (χ1v) is 20.7. The quantitative estimate of drug-likeness (QED) is 0.148. The minimum Gasteiger partial charge on any atom is -0.311 e. The van der Waals surface area contributed by atoms with Crippen molar-refractivity contribution in [2.24, 2.45) is 0 Å². The van der Waals surface area contributed by atoms with E-state index in [1.807, 2.05) is 77.7 Å². The van der Waals surface area contributed by atoms with E-state index in [-0.39, 0.29) is 35.4 Å². The molecule has 0 amide bonds. The molecule has 0 radical (unpaired) electrons. The van der Waals surface area contributed by atoms with Gasteiger partial charge in [0.1, 0.15) is 0 Å². The standard InChI is InChI=1S/C60H41N/c1-2-15-50(16-3-1)60-58-21-9-6-14-46(58)34-41-59(60)49-32-39-53(40-33-49)61(52-37-30-48(31-38-52)57-23-11-18-45-13-5-8-20-55(45)57)51-35-28-43(29-36-51)42-24-26-47(27-25-42)56-22-10-17-44-12-4-7-19-54(44)56/h1-41H/i28D,29D,35D,36D. The van der Waals surface area contributed by atoms with E-state index in [0.717, 1.165) is 71.4 Å². The fourth-order valence-corrected chi connectivity index (χ4v) is 8.75. The van der Waals surface area contributed by atoms with Crippen molar-refractivity contribution in [3.05, 3.63) is 249 Å². The minimum absolute atomic E-state index is 0.100. The molecule has 0 aliphatic heterocycles. The summed E-state index contributed by atoms with van der Waals surface area (Å²) in [5.41, 5.74) is 11.1. The lowest BCUT2D eigenvalue weighted by Gasteiger charge is -2.26. The van der Waals surface area contributed by atoms with E-state index in [0.29, 0.717) is 16.9 Å². The van der Waals surface area contributed by atoms with Crippen LogP contribution < -0.4 is 4.90 Å². The first-order valence-electron chi connectivity index (χ1n) is 22.7. The molecule has 61 heavy (non-hydrogen) atoms. The average Bonchev–Trinajstić information content (AvgIpc) is 3.37. The summed E-state index contributed by atoms with van der Waals surface area (Å²) in [6, 6.07) is 76.2. The summed E-state index contributed by atoms with van der Waals surface area (Å²) in [5.74, 6) is 0. The second-order valence-corrected chi connectivity index (χ2v) is 15.4. The molecule has 0 fully saturated rings. The molecular formula is C60H41N. The van der Waals surface area contributed by atoms with Crippen LogP contribution in [-0.4, -0.2) is 0 Å². The maximum absolute atomic E-state index is 9.63. The molecule has 0 unspecified atom stereocenters. The van der Waals surface area contributed by atoms with Crippen molar-refractivity contribution in [1.29, 1.82) is 0 Å².